The molecular formula is C23H28N2O3S. The van der Waals surface area contributed by atoms with Gasteiger partial charge in [-0.05, 0) is 54.6 Å². The van der Waals surface area contributed by atoms with Crippen molar-refractivity contribution in [1.29, 1.82) is 0 Å². The Morgan fingerprint density at radius 3 is 2.45 bits per heavy atom. The summed E-state index contributed by atoms with van der Waals surface area (Å²) in [7, 11) is 1.63. The average molecular weight is 413 g/mol. The van der Waals surface area contributed by atoms with Crippen molar-refractivity contribution in [2.75, 3.05) is 25.2 Å². The molecule has 0 saturated carbocycles. The molecule has 0 aliphatic carbocycles. The zero-order valence-electron chi connectivity index (χ0n) is 17.2. The summed E-state index contributed by atoms with van der Waals surface area (Å²) in [6, 6.07) is 15.2. The summed E-state index contributed by atoms with van der Waals surface area (Å²) in [6.45, 7) is 2.77. The van der Waals surface area contributed by atoms with Gasteiger partial charge in [-0.3, -0.25) is 9.59 Å². The zero-order valence-corrected chi connectivity index (χ0v) is 18.0. The maximum absolute atomic E-state index is 13.1. The summed E-state index contributed by atoms with van der Waals surface area (Å²) in [5, 5.41) is 3.00. The highest BCUT2D eigenvalue weighted by atomic mass is 32.2. The number of ether oxygens (including phenoxy) is 1. The van der Waals surface area contributed by atoms with Crippen molar-refractivity contribution in [1.82, 2.24) is 4.90 Å². The van der Waals surface area contributed by atoms with E-state index in [0.29, 0.717) is 6.54 Å². The van der Waals surface area contributed by atoms with E-state index in [1.54, 1.807) is 18.9 Å². The van der Waals surface area contributed by atoms with Gasteiger partial charge in [0.1, 0.15) is 5.75 Å². The van der Waals surface area contributed by atoms with Crippen LogP contribution in [0.25, 0.3) is 0 Å². The van der Waals surface area contributed by atoms with E-state index in [4.69, 9.17) is 4.74 Å². The quantitative estimate of drug-likeness (QED) is 0.636. The third-order valence-electron chi connectivity index (χ3n) is 5.34. The molecule has 0 aromatic heterocycles. The largest absolute Gasteiger partial charge is 0.497 e. The molecule has 6 heteroatoms. The number of rotatable bonds is 8. The molecule has 1 fully saturated rings. The number of hydrogen-bond acceptors (Lipinski definition) is 4. The Morgan fingerprint density at radius 2 is 1.86 bits per heavy atom. The van der Waals surface area contributed by atoms with Crippen LogP contribution < -0.4 is 10.1 Å². The minimum absolute atomic E-state index is 0.0390. The van der Waals surface area contributed by atoms with Gasteiger partial charge in [0.15, 0.2) is 0 Å². The lowest BCUT2D eigenvalue weighted by Gasteiger charge is -2.28. The minimum atomic E-state index is -0.423. The van der Waals surface area contributed by atoms with Crippen molar-refractivity contribution < 1.29 is 14.3 Å². The van der Waals surface area contributed by atoms with Gasteiger partial charge in [0, 0.05) is 23.5 Å². The highest BCUT2D eigenvalue weighted by Gasteiger charge is 2.44. The first-order valence-corrected chi connectivity index (χ1v) is 11.2. The first-order valence-electron chi connectivity index (χ1n) is 9.95. The maximum atomic E-state index is 13.1. The standard InChI is InChI=1S/C23H28N2O3S/c1-4-5-14-25-21(26)15-20(22(25)16-6-10-18(28-2)11-7-16)23(27)24-17-8-12-19(29-3)13-9-17/h6-13,20,22H,4-5,14-15H2,1-3H3,(H,24,27). The number of methoxy groups -OCH3 is 1. The van der Waals surface area contributed by atoms with Gasteiger partial charge in [0.2, 0.25) is 11.8 Å². The van der Waals surface area contributed by atoms with Crippen LogP contribution in [0.3, 0.4) is 0 Å². The molecule has 0 bridgehead atoms. The lowest BCUT2D eigenvalue weighted by Crippen LogP contribution is -2.33. The van der Waals surface area contributed by atoms with E-state index in [1.165, 1.54) is 0 Å². The molecule has 1 heterocycles. The van der Waals surface area contributed by atoms with E-state index in [9.17, 15) is 9.59 Å². The fourth-order valence-corrected chi connectivity index (χ4v) is 4.15. The fourth-order valence-electron chi connectivity index (χ4n) is 3.74. The van der Waals surface area contributed by atoms with Crippen molar-refractivity contribution in [3.63, 3.8) is 0 Å². The molecule has 1 aliphatic heterocycles. The molecule has 1 aliphatic rings. The number of thioether (sulfide) groups is 1. The number of amides is 2. The first kappa shape index (κ1) is 21.2. The van der Waals surface area contributed by atoms with Gasteiger partial charge in [-0.2, -0.15) is 0 Å². The summed E-state index contributed by atoms with van der Waals surface area (Å²) in [5.41, 5.74) is 1.71. The van der Waals surface area contributed by atoms with Gasteiger partial charge in [-0.25, -0.2) is 0 Å². The van der Waals surface area contributed by atoms with E-state index >= 15 is 0 Å². The maximum Gasteiger partial charge on any atom is 0.230 e. The second-order valence-electron chi connectivity index (χ2n) is 7.19. The van der Waals surface area contributed by atoms with Crippen LogP contribution >= 0.6 is 11.8 Å². The second-order valence-corrected chi connectivity index (χ2v) is 8.07. The molecule has 154 valence electrons. The van der Waals surface area contributed by atoms with E-state index in [2.05, 4.69) is 12.2 Å². The Bertz CT molecular complexity index is 836. The van der Waals surface area contributed by atoms with E-state index in [1.807, 2.05) is 59.7 Å². The Labute approximate surface area is 176 Å². The molecule has 2 unspecified atom stereocenters. The van der Waals surface area contributed by atoms with Crippen LogP contribution in [0.1, 0.15) is 37.8 Å². The lowest BCUT2D eigenvalue weighted by molar-refractivity contribution is -0.129. The number of hydrogen-bond donors (Lipinski definition) is 1. The molecule has 2 aromatic carbocycles. The van der Waals surface area contributed by atoms with Crippen molar-refractivity contribution in [2.24, 2.45) is 5.92 Å². The molecule has 1 saturated heterocycles. The summed E-state index contributed by atoms with van der Waals surface area (Å²) in [6.07, 6.45) is 4.16. The summed E-state index contributed by atoms with van der Waals surface area (Å²) in [4.78, 5) is 28.9. The van der Waals surface area contributed by atoms with Gasteiger partial charge in [0.25, 0.3) is 0 Å². The molecule has 29 heavy (non-hydrogen) atoms. The summed E-state index contributed by atoms with van der Waals surface area (Å²) in [5.74, 6) is 0.258. The number of carbonyl (C=O) groups excluding carboxylic acids is 2. The Balaban J connectivity index is 1.84. The number of nitrogens with zero attached hydrogens (tertiary/aromatic N) is 1. The van der Waals surface area contributed by atoms with Crippen LogP contribution in [0.4, 0.5) is 5.69 Å². The number of benzene rings is 2. The number of nitrogens with one attached hydrogen (secondary N) is 1. The Kier molecular flexibility index (Phi) is 7.20. The van der Waals surface area contributed by atoms with E-state index in [-0.39, 0.29) is 24.3 Å². The van der Waals surface area contributed by atoms with Crippen molar-refractivity contribution in [3.8, 4) is 5.75 Å². The van der Waals surface area contributed by atoms with Gasteiger partial charge in [-0.1, -0.05) is 25.5 Å². The number of likely N-dealkylation sites (tertiary alicyclic amines) is 1. The molecular weight excluding hydrogens is 384 g/mol. The third kappa shape index (κ3) is 4.93. The predicted molar refractivity (Wildman–Crippen MR) is 117 cm³/mol. The second kappa shape index (κ2) is 9.83. The molecule has 2 aromatic rings. The van der Waals surface area contributed by atoms with Crippen LogP contribution in [0.5, 0.6) is 5.75 Å². The van der Waals surface area contributed by atoms with E-state index < -0.39 is 5.92 Å². The molecule has 2 atom stereocenters. The monoisotopic (exact) mass is 412 g/mol. The van der Waals surface area contributed by atoms with Crippen molar-refractivity contribution >= 4 is 29.3 Å². The summed E-state index contributed by atoms with van der Waals surface area (Å²) >= 11 is 1.66. The summed E-state index contributed by atoms with van der Waals surface area (Å²) < 4.78 is 5.26. The molecule has 5 nitrogen and oxygen atoms in total. The lowest BCUT2D eigenvalue weighted by atomic mass is 9.92. The van der Waals surface area contributed by atoms with Gasteiger partial charge in [0.05, 0.1) is 19.1 Å². The number of unbranched alkanes of at least 4 members (excludes halogenated alkanes) is 1. The predicted octanol–water partition coefficient (Wildman–Crippen LogP) is 4.75. The minimum Gasteiger partial charge on any atom is -0.497 e. The smallest absolute Gasteiger partial charge is 0.230 e. The molecule has 3 rings (SSSR count). The Morgan fingerprint density at radius 1 is 1.17 bits per heavy atom. The van der Waals surface area contributed by atoms with Crippen LogP contribution in [-0.4, -0.2) is 36.6 Å². The number of anilines is 1. The van der Waals surface area contributed by atoms with Crippen LogP contribution in [0, 0.1) is 5.92 Å². The molecule has 2 amide bonds. The van der Waals surface area contributed by atoms with Gasteiger partial charge < -0.3 is 15.0 Å². The third-order valence-corrected chi connectivity index (χ3v) is 6.08. The highest BCUT2D eigenvalue weighted by Crippen LogP contribution is 2.39. The molecule has 0 radical (unpaired) electrons. The fraction of sp³-hybridized carbons (Fsp3) is 0.391. The molecule has 0 spiro atoms. The first-order chi connectivity index (χ1) is 14.1. The normalized spacial score (nSPS) is 18.7. The zero-order chi connectivity index (χ0) is 20.8. The van der Waals surface area contributed by atoms with Crippen LogP contribution in [0.2, 0.25) is 0 Å². The van der Waals surface area contributed by atoms with Crippen molar-refractivity contribution in [2.45, 2.75) is 37.1 Å². The Hall–Kier alpha value is -2.47. The molecule has 1 N–H and O–H groups in total. The van der Waals surface area contributed by atoms with Crippen molar-refractivity contribution in [3.05, 3.63) is 54.1 Å². The average Bonchev–Trinajstić information content (AvgIpc) is 3.09. The van der Waals surface area contributed by atoms with Gasteiger partial charge in [-0.15, -0.1) is 11.8 Å². The van der Waals surface area contributed by atoms with E-state index in [0.717, 1.165) is 34.7 Å². The van der Waals surface area contributed by atoms with Gasteiger partial charge >= 0.3 is 0 Å². The van der Waals surface area contributed by atoms with Crippen LogP contribution in [0.15, 0.2) is 53.4 Å². The number of carbonyl (C=O) groups is 2. The SMILES string of the molecule is CCCCN1C(=O)CC(C(=O)Nc2ccc(SC)cc2)C1c1ccc(OC)cc1. The topological polar surface area (TPSA) is 58.6 Å². The van der Waals surface area contributed by atoms with Crippen LogP contribution in [-0.2, 0) is 9.59 Å². The highest BCUT2D eigenvalue weighted by molar-refractivity contribution is 7.98.